The maximum Gasteiger partial charge on any atom is 0.220 e. The SMILES string of the molecule is CC(C)Cc1nc2c(n1C1CCC(=O)NC1)CCNC2. The summed E-state index contributed by atoms with van der Waals surface area (Å²) in [6, 6.07) is 0.385. The van der Waals surface area contributed by atoms with Gasteiger partial charge in [-0.3, -0.25) is 4.79 Å². The molecule has 1 saturated heterocycles. The van der Waals surface area contributed by atoms with Gasteiger partial charge in [-0.05, 0) is 12.3 Å². The topological polar surface area (TPSA) is 59.0 Å². The van der Waals surface area contributed by atoms with Gasteiger partial charge in [0.2, 0.25) is 5.91 Å². The number of piperidine rings is 1. The molecule has 1 aromatic rings. The number of amides is 1. The van der Waals surface area contributed by atoms with Crippen molar-refractivity contribution < 1.29 is 4.79 Å². The fourth-order valence-electron chi connectivity index (χ4n) is 3.27. The van der Waals surface area contributed by atoms with Crippen LogP contribution in [0.5, 0.6) is 0 Å². The smallest absolute Gasteiger partial charge is 0.220 e. The average Bonchev–Trinajstić information content (AvgIpc) is 2.77. The zero-order chi connectivity index (χ0) is 14.1. The van der Waals surface area contributed by atoms with E-state index in [0.29, 0.717) is 18.4 Å². The van der Waals surface area contributed by atoms with Crippen molar-refractivity contribution in [1.29, 1.82) is 0 Å². The molecule has 1 aromatic heterocycles. The van der Waals surface area contributed by atoms with Gasteiger partial charge in [0.1, 0.15) is 5.82 Å². The first-order chi connectivity index (χ1) is 9.65. The maximum absolute atomic E-state index is 11.4. The van der Waals surface area contributed by atoms with Gasteiger partial charge in [0, 0.05) is 44.6 Å². The number of imidazole rings is 1. The van der Waals surface area contributed by atoms with Crippen LogP contribution < -0.4 is 10.6 Å². The predicted octanol–water partition coefficient (Wildman–Crippen LogP) is 1.18. The van der Waals surface area contributed by atoms with Gasteiger partial charge in [-0.15, -0.1) is 0 Å². The van der Waals surface area contributed by atoms with Crippen LogP contribution in [0.2, 0.25) is 0 Å². The van der Waals surface area contributed by atoms with E-state index in [1.807, 2.05) is 0 Å². The molecule has 1 amide bonds. The van der Waals surface area contributed by atoms with Crippen molar-refractivity contribution in [1.82, 2.24) is 20.2 Å². The molecule has 5 heteroatoms. The molecule has 3 rings (SSSR count). The minimum absolute atomic E-state index is 0.183. The van der Waals surface area contributed by atoms with Crippen molar-refractivity contribution >= 4 is 5.91 Å². The minimum Gasteiger partial charge on any atom is -0.354 e. The van der Waals surface area contributed by atoms with Gasteiger partial charge < -0.3 is 15.2 Å². The van der Waals surface area contributed by atoms with Crippen molar-refractivity contribution in [2.75, 3.05) is 13.1 Å². The van der Waals surface area contributed by atoms with Crippen LogP contribution in [0.15, 0.2) is 0 Å². The summed E-state index contributed by atoms with van der Waals surface area (Å²) in [5.74, 6) is 1.99. The second-order valence-electron chi connectivity index (χ2n) is 6.31. The van der Waals surface area contributed by atoms with Gasteiger partial charge in [-0.25, -0.2) is 4.98 Å². The molecule has 0 radical (unpaired) electrons. The minimum atomic E-state index is 0.183. The Kier molecular flexibility index (Phi) is 3.78. The Balaban J connectivity index is 1.93. The van der Waals surface area contributed by atoms with Crippen LogP contribution in [0.25, 0.3) is 0 Å². The van der Waals surface area contributed by atoms with Crippen molar-refractivity contribution in [2.45, 2.75) is 52.1 Å². The highest BCUT2D eigenvalue weighted by Gasteiger charge is 2.27. The number of carbonyl (C=O) groups is 1. The molecule has 0 saturated carbocycles. The summed E-state index contributed by atoms with van der Waals surface area (Å²) >= 11 is 0. The third-order valence-electron chi connectivity index (χ3n) is 4.19. The van der Waals surface area contributed by atoms with Crippen LogP contribution in [0.1, 0.15) is 49.9 Å². The highest BCUT2D eigenvalue weighted by Crippen LogP contribution is 2.27. The van der Waals surface area contributed by atoms with Crippen molar-refractivity contribution in [3.8, 4) is 0 Å². The summed E-state index contributed by atoms with van der Waals surface area (Å²) in [7, 11) is 0. The Hall–Kier alpha value is -1.36. The molecular formula is C15H24N4O. The number of carbonyl (C=O) groups excluding carboxylic acids is 1. The van der Waals surface area contributed by atoms with Crippen LogP contribution >= 0.6 is 0 Å². The number of aromatic nitrogens is 2. The van der Waals surface area contributed by atoms with E-state index in [4.69, 9.17) is 4.98 Å². The van der Waals surface area contributed by atoms with E-state index in [2.05, 4.69) is 29.0 Å². The number of fused-ring (bicyclic) bond motifs is 1. The molecule has 2 aliphatic heterocycles. The second kappa shape index (κ2) is 5.56. The molecule has 0 aliphatic carbocycles. The highest BCUT2D eigenvalue weighted by molar-refractivity contribution is 5.76. The lowest BCUT2D eigenvalue weighted by Crippen LogP contribution is -2.38. The molecule has 0 bridgehead atoms. The van der Waals surface area contributed by atoms with Gasteiger partial charge >= 0.3 is 0 Å². The van der Waals surface area contributed by atoms with E-state index in [1.54, 1.807) is 0 Å². The standard InChI is InChI=1S/C15H24N4O/c1-10(2)7-14-18-12-9-16-6-5-13(12)19(14)11-3-4-15(20)17-8-11/h10-11,16H,3-9H2,1-2H3,(H,17,20). The number of rotatable bonds is 3. The quantitative estimate of drug-likeness (QED) is 0.871. The van der Waals surface area contributed by atoms with Crippen molar-refractivity contribution in [3.63, 3.8) is 0 Å². The predicted molar refractivity (Wildman–Crippen MR) is 77.5 cm³/mol. The lowest BCUT2D eigenvalue weighted by molar-refractivity contribution is -0.122. The van der Waals surface area contributed by atoms with Gasteiger partial charge in [-0.2, -0.15) is 0 Å². The zero-order valence-corrected chi connectivity index (χ0v) is 12.4. The van der Waals surface area contributed by atoms with E-state index in [9.17, 15) is 4.79 Å². The van der Waals surface area contributed by atoms with Gasteiger partial charge in [-0.1, -0.05) is 13.8 Å². The summed E-state index contributed by atoms with van der Waals surface area (Å²) in [6.45, 7) is 7.13. The molecule has 20 heavy (non-hydrogen) atoms. The average molecular weight is 276 g/mol. The number of hydrogen-bond acceptors (Lipinski definition) is 3. The van der Waals surface area contributed by atoms with E-state index < -0.39 is 0 Å². The molecular weight excluding hydrogens is 252 g/mol. The van der Waals surface area contributed by atoms with E-state index in [0.717, 1.165) is 38.9 Å². The fraction of sp³-hybridized carbons (Fsp3) is 0.733. The van der Waals surface area contributed by atoms with Crippen LogP contribution in [0.3, 0.4) is 0 Å². The molecule has 1 unspecified atom stereocenters. The Morgan fingerprint density at radius 3 is 2.95 bits per heavy atom. The first-order valence-corrected chi connectivity index (χ1v) is 7.71. The first-order valence-electron chi connectivity index (χ1n) is 7.71. The summed E-state index contributed by atoms with van der Waals surface area (Å²) in [4.78, 5) is 16.3. The number of nitrogens with zero attached hydrogens (tertiary/aromatic N) is 2. The zero-order valence-electron chi connectivity index (χ0n) is 12.4. The molecule has 0 spiro atoms. The fourth-order valence-corrected chi connectivity index (χ4v) is 3.27. The first kappa shape index (κ1) is 13.6. The largest absolute Gasteiger partial charge is 0.354 e. The molecule has 5 nitrogen and oxygen atoms in total. The molecule has 1 fully saturated rings. The van der Waals surface area contributed by atoms with Gasteiger partial charge in [0.15, 0.2) is 0 Å². The Bertz CT molecular complexity index is 496. The Morgan fingerprint density at radius 2 is 2.25 bits per heavy atom. The molecule has 2 N–H and O–H groups in total. The number of hydrogen-bond donors (Lipinski definition) is 2. The molecule has 110 valence electrons. The van der Waals surface area contributed by atoms with Crippen LogP contribution in [-0.4, -0.2) is 28.5 Å². The van der Waals surface area contributed by atoms with E-state index in [-0.39, 0.29) is 5.91 Å². The summed E-state index contributed by atoms with van der Waals surface area (Å²) in [5.41, 5.74) is 2.60. The molecule has 3 heterocycles. The third-order valence-corrected chi connectivity index (χ3v) is 4.19. The normalized spacial score (nSPS) is 22.8. The van der Waals surface area contributed by atoms with Crippen molar-refractivity contribution in [2.24, 2.45) is 5.92 Å². The Labute approximate surface area is 120 Å². The summed E-state index contributed by atoms with van der Waals surface area (Å²) in [5, 5.41) is 6.40. The molecule has 2 aliphatic rings. The van der Waals surface area contributed by atoms with Crippen LogP contribution in [-0.2, 0) is 24.2 Å². The monoisotopic (exact) mass is 276 g/mol. The molecule has 1 atom stereocenters. The number of nitrogens with one attached hydrogen (secondary N) is 2. The van der Waals surface area contributed by atoms with Gasteiger partial charge in [0.05, 0.1) is 11.7 Å². The maximum atomic E-state index is 11.4. The van der Waals surface area contributed by atoms with E-state index in [1.165, 1.54) is 17.2 Å². The second-order valence-corrected chi connectivity index (χ2v) is 6.31. The van der Waals surface area contributed by atoms with Crippen molar-refractivity contribution in [3.05, 3.63) is 17.2 Å². The van der Waals surface area contributed by atoms with E-state index >= 15 is 0 Å². The summed E-state index contributed by atoms with van der Waals surface area (Å²) in [6.07, 6.45) is 3.63. The lowest BCUT2D eigenvalue weighted by Gasteiger charge is -2.28. The van der Waals surface area contributed by atoms with Gasteiger partial charge in [0.25, 0.3) is 0 Å². The highest BCUT2D eigenvalue weighted by atomic mass is 16.1. The van der Waals surface area contributed by atoms with Crippen LogP contribution in [0.4, 0.5) is 0 Å². The van der Waals surface area contributed by atoms with Crippen LogP contribution in [0, 0.1) is 5.92 Å². The molecule has 0 aromatic carbocycles. The summed E-state index contributed by atoms with van der Waals surface area (Å²) < 4.78 is 2.44. The lowest BCUT2D eigenvalue weighted by atomic mass is 10.0. The third kappa shape index (κ3) is 2.59. The Morgan fingerprint density at radius 1 is 1.40 bits per heavy atom.